The Morgan fingerprint density at radius 2 is 2.17 bits per heavy atom. The Hall–Kier alpha value is -1.37. The molecule has 0 amide bonds. The lowest BCUT2D eigenvalue weighted by Gasteiger charge is -2.05. The molecule has 2 nitrogen and oxygen atoms in total. The van der Waals surface area contributed by atoms with Crippen molar-refractivity contribution in [2.45, 2.75) is 32.8 Å². The predicted molar refractivity (Wildman–Crippen MR) is 69.5 cm³/mol. The molecule has 98 valence electrons. The lowest BCUT2D eigenvalue weighted by Crippen LogP contribution is -1.98. The number of aliphatic hydroxyl groups excluding tert-OH is 1. The zero-order valence-corrected chi connectivity index (χ0v) is 10.7. The number of aliphatic hydroxyl groups is 1. The number of halogens is 1. The summed E-state index contributed by atoms with van der Waals surface area (Å²) in [6.45, 7) is 2.87. The van der Waals surface area contributed by atoms with Crippen LogP contribution in [0.1, 0.15) is 37.3 Å². The van der Waals surface area contributed by atoms with Gasteiger partial charge in [-0.3, -0.25) is 0 Å². The molecule has 0 radical (unpaired) electrons. The van der Waals surface area contributed by atoms with E-state index in [0.717, 1.165) is 19.3 Å². The van der Waals surface area contributed by atoms with Crippen molar-refractivity contribution in [3.05, 3.63) is 35.1 Å². The van der Waals surface area contributed by atoms with E-state index in [1.807, 2.05) is 0 Å². The average molecular weight is 250 g/mol. The molecule has 1 aromatic rings. The Bertz CT molecular complexity index is 418. The molecule has 0 saturated carbocycles. The summed E-state index contributed by atoms with van der Waals surface area (Å²) in [6, 6.07) is 4.78. The van der Waals surface area contributed by atoms with Crippen LogP contribution in [0.3, 0.4) is 0 Å². The van der Waals surface area contributed by atoms with Crippen molar-refractivity contribution >= 4 is 0 Å². The van der Waals surface area contributed by atoms with Gasteiger partial charge in [0.2, 0.25) is 0 Å². The van der Waals surface area contributed by atoms with Gasteiger partial charge >= 0.3 is 0 Å². The monoisotopic (exact) mass is 250 g/mol. The third-order valence-electron chi connectivity index (χ3n) is 2.51. The van der Waals surface area contributed by atoms with Crippen molar-refractivity contribution in [1.82, 2.24) is 0 Å². The molecular formula is C15H19FO2. The van der Waals surface area contributed by atoms with Gasteiger partial charge in [0.25, 0.3) is 0 Å². The number of hydrogen-bond acceptors (Lipinski definition) is 2. The Morgan fingerprint density at radius 3 is 2.83 bits per heavy atom. The Morgan fingerprint density at radius 1 is 1.33 bits per heavy atom. The van der Waals surface area contributed by atoms with Gasteiger partial charge in [-0.25, -0.2) is 4.39 Å². The molecule has 0 bridgehead atoms. The minimum atomic E-state index is -0.310. The zero-order valence-electron chi connectivity index (χ0n) is 10.7. The van der Waals surface area contributed by atoms with Crippen molar-refractivity contribution < 1.29 is 14.2 Å². The first-order valence-electron chi connectivity index (χ1n) is 6.23. The minimum absolute atomic E-state index is 0.218. The first-order valence-corrected chi connectivity index (χ1v) is 6.23. The molecule has 0 aromatic heterocycles. The maximum absolute atomic E-state index is 13.6. The van der Waals surface area contributed by atoms with Gasteiger partial charge in [0, 0.05) is 17.7 Å². The average Bonchev–Trinajstić information content (AvgIpc) is 2.38. The highest BCUT2D eigenvalue weighted by Gasteiger charge is 2.02. The van der Waals surface area contributed by atoms with Crippen LogP contribution in [0.25, 0.3) is 0 Å². The summed E-state index contributed by atoms with van der Waals surface area (Å²) in [5.41, 5.74) is 1.11. The molecule has 1 aromatic carbocycles. The number of benzene rings is 1. The first-order chi connectivity index (χ1) is 8.77. The molecule has 18 heavy (non-hydrogen) atoms. The van der Waals surface area contributed by atoms with E-state index in [0.29, 0.717) is 24.3 Å². The van der Waals surface area contributed by atoms with E-state index in [1.54, 1.807) is 12.1 Å². The van der Waals surface area contributed by atoms with Crippen LogP contribution in [-0.2, 0) is 11.3 Å². The Labute approximate surface area is 108 Å². The molecular weight excluding hydrogens is 231 g/mol. The Kier molecular flexibility index (Phi) is 7.09. The molecule has 0 aliphatic rings. The van der Waals surface area contributed by atoms with E-state index < -0.39 is 0 Å². The highest BCUT2D eigenvalue weighted by molar-refractivity contribution is 5.36. The molecule has 0 heterocycles. The van der Waals surface area contributed by atoms with Crippen molar-refractivity contribution in [1.29, 1.82) is 0 Å². The fourth-order valence-electron chi connectivity index (χ4n) is 1.52. The Balaban J connectivity index is 2.47. The molecule has 0 spiro atoms. The second-order valence-corrected chi connectivity index (χ2v) is 4.03. The summed E-state index contributed by atoms with van der Waals surface area (Å²) in [5.74, 6) is 4.84. The van der Waals surface area contributed by atoms with Crippen LogP contribution >= 0.6 is 0 Å². The largest absolute Gasteiger partial charge is 0.384 e. The van der Waals surface area contributed by atoms with Gasteiger partial charge in [-0.1, -0.05) is 37.7 Å². The summed E-state index contributed by atoms with van der Waals surface area (Å²) in [7, 11) is 0. The SMILES string of the molecule is CCCCCOCc1ccc(C#CCO)cc1F. The van der Waals surface area contributed by atoms with Gasteiger partial charge < -0.3 is 9.84 Å². The van der Waals surface area contributed by atoms with Crippen molar-refractivity contribution in [2.75, 3.05) is 13.2 Å². The first kappa shape index (κ1) is 14.7. The lowest BCUT2D eigenvalue weighted by atomic mass is 10.1. The molecule has 0 unspecified atom stereocenters. The van der Waals surface area contributed by atoms with Crippen LogP contribution in [0.15, 0.2) is 18.2 Å². The second kappa shape index (κ2) is 8.68. The van der Waals surface area contributed by atoms with Gasteiger partial charge in [-0.05, 0) is 18.6 Å². The molecule has 0 fully saturated rings. The minimum Gasteiger partial charge on any atom is -0.384 e. The van der Waals surface area contributed by atoms with Gasteiger partial charge in [0.15, 0.2) is 0 Å². The summed E-state index contributed by atoms with van der Waals surface area (Å²) in [4.78, 5) is 0. The van der Waals surface area contributed by atoms with E-state index in [1.165, 1.54) is 6.07 Å². The smallest absolute Gasteiger partial charge is 0.129 e. The molecule has 0 aliphatic heterocycles. The van der Waals surface area contributed by atoms with E-state index in [4.69, 9.17) is 9.84 Å². The van der Waals surface area contributed by atoms with E-state index >= 15 is 0 Å². The number of ether oxygens (including phenoxy) is 1. The summed E-state index contributed by atoms with van der Waals surface area (Å²) >= 11 is 0. The van der Waals surface area contributed by atoms with Crippen LogP contribution in [-0.4, -0.2) is 18.3 Å². The second-order valence-electron chi connectivity index (χ2n) is 4.03. The summed E-state index contributed by atoms with van der Waals surface area (Å²) in [5, 5.41) is 8.55. The van der Waals surface area contributed by atoms with Crippen LogP contribution in [0.2, 0.25) is 0 Å². The standard InChI is InChI=1S/C15H19FO2/c1-2-3-4-10-18-12-14-8-7-13(6-5-9-17)11-15(14)16/h7-8,11,17H,2-4,9-10,12H2,1H3. The quantitative estimate of drug-likeness (QED) is 0.621. The van der Waals surface area contributed by atoms with E-state index in [9.17, 15) is 4.39 Å². The summed E-state index contributed by atoms with van der Waals surface area (Å²) in [6.07, 6.45) is 3.30. The fourth-order valence-corrected chi connectivity index (χ4v) is 1.52. The summed E-state index contributed by atoms with van der Waals surface area (Å²) < 4.78 is 19.1. The molecule has 1 rings (SSSR count). The molecule has 1 N–H and O–H groups in total. The third kappa shape index (κ3) is 5.31. The van der Waals surface area contributed by atoms with Crippen LogP contribution < -0.4 is 0 Å². The highest BCUT2D eigenvalue weighted by atomic mass is 19.1. The predicted octanol–water partition coefficient (Wildman–Crippen LogP) is 2.88. The van der Waals surface area contributed by atoms with Crippen molar-refractivity contribution in [2.24, 2.45) is 0 Å². The van der Waals surface area contributed by atoms with Crippen LogP contribution in [0.5, 0.6) is 0 Å². The molecule has 0 saturated heterocycles. The molecule has 0 atom stereocenters. The van der Waals surface area contributed by atoms with Crippen molar-refractivity contribution in [3.63, 3.8) is 0 Å². The topological polar surface area (TPSA) is 29.5 Å². The maximum Gasteiger partial charge on any atom is 0.129 e. The van der Waals surface area contributed by atoms with Crippen LogP contribution in [0, 0.1) is 17.7 Å². The molecule has 3 heteroatoms. The fraction of sp³-hybridized carbons (Fsp3) is 0.467. The van der Waals surface area contributed by atoms with E-state index in [-0.39, 0.29) is 12.4 Å². The normalized spacial score (nSPS) is 9.94. The number of hydrogen-bond donors (Lipinski definition) is 1. The van der Waals surface area contributed by atoms with Gasteiger partial charge in [0.1, 0.15) is 12.4 Å². The van der Waals surface area contributed by atoms with E-state index in [2.05, 4.69) is 18.8 Å². The highest BCUT2D eigenvalue weighted by Crippen LogP contribution is 2.11. The lowest BCUT2D eigenvalue weighted by molar-refractivity contribution is 0.115. The number of unbranched alkanes of at least 4 members (excludes halogenated alkanes) is 2. The maximum atomic E-state index is 13.6. The van der Waals surface area contributed by atoms with Gasteiger partial charge in [-0.2, -0.15) is 0 Å². The van der Waals surface area contributed by atoms with Gasteiger partial charge in [-0.15, -0.1) is 0 Å². The van der Waals surface area contributed by atoms with Crippen molar-refractivity contribution in [3.8, 4) is 11.8 Å². The molecule has 0 aliphatic carbocycles. The number of rotatable bonds is 6. The van der Waals surface area contributed by atoms with Crippen LogP contribution in [0.4, 0.5) is 4.39 Å². The zero-order chi connectivity index (χ0) is 13.2. The van der Waals surface area contributed by atoms with Gasteiger partial charge in [0.05, 0.1) is 6.61 Å². The third-order valence-corrected chi connectivity index (χ3v) is 2.51.